The Labute approximate surface area is 189 Å². The molecule has 31 heavy (non-hydrogen) atoms. The second kappa shape index (κ2) is 8.28. The normalized spacial score (nSPS) is 26.3. The lowest BCUT2D eigenvalue weighted by Gasteiger charge is -2.35. The Kier molecular flexibility index (Phi) is 5.63. The Morgan fingerprint density at radius 1 is 0.903 bits per heavy atom. The zero-order chi connectivity index (χ0) is 20.2. The molecule has 0 spiro atoms. The van der Waals surface area contributed by atoms with Gasteiger partial charge in [0.05, 0.1) is 11.0 Å². The van der Waals surface area contributed by atoms with Crippen LogP contribution in [0.4, 0.5) is 0 Å². The summed E-state index contributed by atoms with van der Waals surface area (Å²) in [7, 11) is 0. The number of hydrogen-bond donors (Lipinski definition) is 1. The number of hydrogen-bond acceptors (Lipinski definition) is 3. The van der Waals surface area contributed by atoms with Crippen molar-refractivity contribution in [3.05, 3.63) is 34.2 Å². The van der Waals surface area contributed by atoms with Crippen LogP contribution in [0.15, 0.2) is 23.0 Å². The Bertz CT molecular complexity index is 1020. The van der Waals surface area contributed by atoms with Gasteiger partial charge >= 0.3 is 5.69 Å². The van der Waals surface area contributed by atoms with Gasteiger partial charge < -0.3 is 10.2 Å². The third kappa shape index (κ3) is 3.62. The third-order valence-electron chi connectivity index (χ3n) is 7.90. The van der Waals surface area contributed by atoms with Crippen molar-refractivity contribution in [2.24, 2.45) is 5.92 Å². The molecule has 6 nitrogen and oxygen atoms in total. The van der Waals surface area contributed by atoms with E-state index in [0.29, 0.717) is 24.0 Å². The van der Waals surface area contributed by atoms with E-state index in [1.165, 1.54) is 32.1 Å². The van der Waals surface area contributed by atoms with Crippen molar-refractivity contribution >= 4 is 29.3 Å². The maximum Gasteiger partial charge on any atom is 0.329 e. The molecule has 2 saturated heterocycles. The van der Waals surface area contributed by atoms with Crippen LogP contribution in [0.3, 0.4) is 0 Å². The van der Waals surface area contributed by atoms with Crippen LogP contribution in [0.25, 0.3) is 11.0 Å². The molecular formula is C24H33ClN4O2. The van der Waals surface area contributed by atoms with Gasteiger partial charge in [0.2, 0.25) is 0 Å². The molecule has 2 aromatic rings. The number of fused-ring (bicyclic) bond motifs is 3. The first-order valence-corrected chi connectivity index (χ1v) is 12.0. The molecule has 4 fully saturated rings. The molecule has 0 unspecified atom stereocenters. The average molecular weight is 445 g/mol. The highest BCUT2D eigenvalue weighted by Crippen LogP contribution is 2.34. The van der Waals surface area contributed by atoms with Gasteiger partial charge in [-0.25, -0.2) is 4.79 Å². The lowest BCUT2D eigenvalue weighted by Crippen LogP contribution is -2.54. The van der Waals surface area contributed by atoms with Crippen molar-refractivity contribution < 1.29 is 4.79 Å². The first-order valence-electron chi connectivity index (χ1n) is 12.0. The molecule has 4 aliphatic rings. The first-order chi connectivity index (χ1) is 14.7. The topological polar surface area (TPSA) is 59.3 Å². The molecule has 1 N–H and O–H groups in total. The maximum atomic E-state index is 13.5. The standard InChI is InChI=1S/C24H32N4O2.ClH/c29-23(27-19-9-10-20(27)14-25-13-19)17-8-11-21-22(12-17)26(15-16-6-7-16)24(30)28(21)18-4-2-1-3-5-18;/h8,11-12,16,18-20,25H,1-7,9-10,13-15H2;1H/t19-,20+;. The number of piperazine rings is 1. The molecule has 2 aliphatic carbocycles. The minimum atomic E-state index is 0. The molecule has 1 amide bonds. The number of nitrogens with one attached hydrogen (secondary N) is 1. The summed E-state index contributed by atoms with van der Waals surface area (Å²) in [5, 5.41) is 3.45. The van der Waals surface area contributed by atoms with Gasteiger partial charge in [-0.3, -0.25) is 13.9 Å². The van der Waals surface area contributed by atoms with Crippen LogP contribution in [0.5, 0.6) is 0 Å². The Hall–Kier alpha value is -1.79. The summed E-state index contributed by atoms with van der Waals surface area (Å²) in [5.41, 5.74) is 2.86. The highest BCUT2D eigenvalue weighted by Gasteiger charge is 2.40. The van der Waals surface area contributed by atoms with E-state index in [0.717, 1.165) is 61.9 Å². The second-order valence-corrected chi connectivity index (χ2v) is 9.96. The number of nitrogens with zero attached hydrogens (tertiary/aromatic N) is 3. The minimum absolute atomic E-state index is 0. The van der Waals surface area contributed by atoms with Gasteiger partial charge in [-0.1, -0.05) is 19.3 Å². The van der Waals surface area contributed by atoms with Gasteiger partial charge in [0.25, 0.3) is 5.91 Å². The largest absolute Gasteiger partial charge is 0.330 e. The predicted octanol–water partition coefficient (Wildman–Crippen LogP) is 3.72. The molecule has 2 aliphatic heterocycles. The number of imidazole rings is 1. The van der Waals surface area contributed by atoms with Gasteiger partial charge in [0, 0.05) is 43.3 Å². The summed E-state index contributed by atoms with van der Waals surface area (Å²) in [4.78, 5) is 29.0. The number of aromatic nitrogens is 2. The number of carbonyl (C=O) groups excluding carboxylic acids is 1. The fourth-order valence-corrected chi connectivity index (χ4v) is 6.10. The maximum absolute atomic E-state index is 13.5. The van der Waals surface area contributed by atoms with Gasteiger partial charge in [0.15, 0.2) is 0 Å². The van der Waals surface area contributed by atoms with Crippen molar-refractivity contribution in [1.82, 2.24) is 19.4 Å². The highest BCUT2D eigenvalue weighted by molar-refractivity contribution is 5.98. The molecule has 0 radical (unpaired) electrons. The summed E-state index contributed by atoms with van der Waals surface area (Å²) >= 11 is 0. The number of halogens is 1. The number of carbonyl (C=O) groups is 1. The summed E-state index contributed by atoms with van der Waals surface area (Å²) in [6, 6.07) is 6.96. The molecule has 1 aromatic carbocycles. The van der Waals surface area contributed by atoms with E-state index < -0.39 is 0 Å². The van der Waals surface area contributed by atoms with Crippen LogP contribution in [0, 0.1) is 5.92 Å². The fraction of sp³-hybridized carbons (Fsp3) is 0.667. The van der Waals surface area contributed by atoms with E-state index in [1.54, 1.807) is 0 Å². The van der Waals surface area contributed by atoms with Crippen molar-refractivity contribution in [3.8, 4) is 0 Å². The average Bonchev–Trinajstić information content (AvgIpc) is 3.51. The molecule has 2 atom stereocenters. The predicted molar refractivity (Wildman–Crippen MR) is 124 cm³/mol. The third-order valence-corrected chi connectivity index (χ3v) is 7.90. The Morgan fingerprint density at radius 3 is 2.29 bits per heavy atom. The number of benzene rings is 1. The van der Waals surface area contributed by atoms with E-state index in [2.05, 4.69) is 14.8 Å². The fourth-order valence-electron chi connectivity index (χ4n) is 6.10. The van der Waals surface area contributed by atoms with Crippen molar-refractivity contribution in [1.29, 1.82) is 0 Å². The van der Waals surface area contributed by atoms with Gasteiger partial charge in [-0.15, -0.1) is 12.4 Å². The SMILES string of the molecule is Cl.O=C(c1ccc2c(c1)n(CC1CC1)c(=O)n2C1CCCCC1)N1[C@@H]2CC[C@H]1CNC2. The molecule has 2 saturated carbocycles. The van der Waals surface area contributed by atoms with Crippen LogP contribution in [0.1, 0.15) is 74.2 Å². The molecule has 2 bridgehead atoms. The molecule has 1 aromatic heterocycles. The molecule has 3 heterocycles. The summed E-state index contributed by atoms with van der Waals surface area (Å²) in [6.07, 6.45) is 10.5. The molecule has 7 heteroatoms. The zero-order valence-electron chi connectivity index (χ0n) is 18.1. The zero-order valence-corrected chi connectivity index (χ0v) is 18.9. The first kappa shape index (κ1) is 21.1. The second-order valence-electron chi connectivity index (χ2n) is 9.96. The molecular weight excluding hydrogens is 412 g/mol. The summed E-state index contributed by atoms with van der Waals surface area (Å²) in [5.74, 6) is 0.762. The van der Waals surface area contributed by atoms with Crippen LogP contribution in [-0.4, -0.2) is 45.1 Å². The van der Waals surface area contributed by atoms with E-state index in [9.17, 15) is 9.59 Å². The number of rotatable bonds is 4. The summed E-state index contributed by atoms with van der Waals surface area (Å²) < 4.78 is 4.03. The Morgan fingerprint density at radius 2 is 1.61 bits per heavy atom. The minimum Gasteiger partial charge on any atom is -0.330 e. The lowest BCUT2D eigenvalue weighted by atomic mass is 9.95. The van der Waals surface area contributed by atoms with Gasteiger partial charge in [0.1, 0.15) is 0 Å². The van der Waals surface area contributed by atoms with Crippen molar-refractivity contribution in [2.75, 3.05) is 13.1 Å². The van der Waals surface area contributed by atoms with E-state index in [4.69, 9.17) is 0 Å². The summed E-state index contributed by atoms with van der Waals surface area (Å²) in [6.45, 7) is 2.59. The quantitative estimate of drug-likeness (QED) is 0.781. The van der Waals surface area contributed by atoms with Crippen LogP contribution < -0.4 is 11.0 Å². The number of amides is 1. The van der Waals surface area contributed by atoms with Crippen LogP contribution in [0.2, 0.25) is 0 Å². The van der Waals surface area contributed by atoms with Crippen LogP contribution in [-0.2, 0) is 6.54 Å². The smallest absolute Gasteiger partial charge is 0.329 e. The molecule has 6 rings (SSSR count). The monoisotopic (exact) mass is 444 g/mol. The van der Waals surface area contributed by atoms with E-state index in [-0.39, 0.29) is 24.0 Å². The van der Waals surface area contributed by atoms with Crippen molar-refractivity contribution in [3.63, 3.8) is 0 Å². The van der Waals surface area contributed by atoms with E-state index in [1.807, 2.05) is 22.8 Å². The van der Waals surface area contributed by atoms with Gasteiger partial charge in [-0.2, -0.15) is 0 Å². The van der Waals surface area contributed by atoms with Crippen LogP contribution >= 0.6 is 12.4 Å². The highest BCUT2D eigenvalue weighted by atomic mass is 35.5. The van der Waals surface area contributed by atoms with E-state index >= 15 is 0 Å². The van der Waals surface area contributed by atoms with Gasteiger partial charge in [-0.05, 0) is 62.6 Å². The Balaban J connectivity index is 0.00000204. The lowest BCUT2D eigenvalue weighted by molar-refractivity contribution is 0.0619. The molecule has 168 valence electrons. The van der Waals surface area contributed by atoms with Crippen molar-refractivity contribution in [2.45, 2.75) is 82.5 Å².